The van der Waals surface area contributed by atoms with E-state index in [9.17, 15) is 9.59 Å². The van der Waals surface area contributed by atoms with Gasteiger partial charge in [0.1, 0.15) is 5.82 Å². The Bertz CT molecular complexity index is 1050. The van der Waals surface area contributed by atoms with E-state index < -0.39 is 5.97 Å². The normalized spacial score (nSPS) is 11.0. The van der Waals surface area contributed by atoms with Gasteiger partial charge in [-0.1, -0.05) is 42.5 Å². The third-order valence-corrected chi connectivity index (χ3v) is 4.11. The van der Waals surface area contributed by atoms with Crippen molar-refractivity contribution in [3.63, 3.8) is 0 Å². The number of hydrogen-bond acceptors (Lipinski definition) is 3. The molecule has 2 aromatic carbocycles. The van der Waals surface area contributed by atoms with E-state index in [0.717, 1.165) is 28.6 Å². The van der Waals surface area contributed by atoms with Crippen LogP contribution in [-0.4, -0.2) is 20.6 Å². The minimum Gasteiger partial charge on any atom is -0.478 e. The van der Waals surface area contributed by atoms with Gasteiger partial charge in [0.25, 0.3) is 5.56 Å². The van der Waals surface area contributed by atoms with Crippen LogP contribution in [0.15, 0.2) is 65.5 Å². The number of aliphatic carboxylic acids is 1. The summed E-state index contributed by atoms with van der Waals surface area (Å²) in [6.45, 7) is 3.67. The molecule has 0 bridgehead atoms. The largest absolute Gasteiger partial charge is 0.478 e. The molecule has 1 aromatic heterocycles. The average molecular weight is 346 g/mol. The molecular weight excluding hydrogens is 328 g/mol. The van der Waals surface area contributed by atoms with Crippen molar-refractivity contribution < 1.29 is 9.90 Å². The van der Waals surface area contributed by atoms with Gasteiger partial charge in [-0.25, -0.2) is 4.79 Å². The summed E-state index contributed by atoms with van der Waals surface area (Å²) in [5.41, 5.74) is 3.47. The molecule has 0 saturated carbocycles. The standard InChI is InChI=1S/C21H18N2O3/c1-14-20(17-8-4-3-5-9-17)21(26)22-15(2)23(14)18-10-6-7-16(13-18)11-12-19(24)25/h3-13H,1-2H3,(H,24,25)/b12-11+. The second kappa shape index (κ2) is 7.19. The van der Waals surface area contributed by atoms with E-state index in [1.165, 1.54) is 6.08 Å². The van der Waals surface area contributed by atoms with E-state index in [2.05, 4.69) is 4.98 Å². The summed E-state index contributed by atoms with van der Waals surface area (Å²) >= 11 is 0. The minimum absolute atomic E-state index is 0.260. The number of aromatic nitrogens is 2. The summed E-state index contributed by atoms with van der Waals surface area (Å²) in [5, 5.41) is 8.81. The first-order valence-electron chi connectivity index (χ1n) is 8.14. The Morgan fingerprint density at radius 1 is 1.08 bits per heavy atom. The van der Waals surface area contributed by atoms with Gasteiger partial charge in [0.05, 0.1) is 5.56 Å². The highest BCUT2D eigenvalue weighted by Crippen LogP contribution is 2.23. The quantitative estimate of drug-likeness (QED) is 0.733. The SMILES string of the molecule is Cc1nc(=O)c(-c2ccccc2)c(C)n1-c1cccc(/C=C/C(=O)O)c1. The molecule has 0 spiro atoms. The molecular formula is C21H18N2O3. The highest BCUT2D eigenvalue weighted by molar-refractivity contribution is 5.85. The zero-order valence-corrected chi connectivity index (χ0v) is 14.5. The summed E-state index contributed by atoms with van der Waals surface area (Å²) in [7, 11) is 0. The molecule has 0 fully saturated rings. The molecule has 0 amide bonds. The summed E-state index contributed by atoms with van der Waals surface area (Å²) in [4.78, 5) is 27.4. The minimum atomic E-state index is -1.00. The van der Waals surface area contributed by atoms with Crippen molar-refractivity contribution in [3.05, 3.63) is 88.1 Å². The lowest BCUT2D eigenvalue weighted by atomic mass is 10.1. The van der Waals surface area contributed by atoms with Gasteiger partial charge in [-0.15, -0.1) is 0 Å². The van der Waals surface area contributed by atoms with E-state index in [4.69, 9.17) is 5.11 Å². The monoisotopic (exact) mass is 346 g/mol. The van der Waals surface area contributed by atoms with Crippen LogP contribution in [0.25, 0.3) is 22.9 Å². The van der Waals surface area contributed by atoms with Crippen LogP contribution in [0, 0.1) is 13.8 Å². The molecule has 3 rings (SSSR count). The number of benzene rings is 2. The van der Waals surface area contributed by atoms with Gasteiger partial charge in [-0.2, -0.15) is 4.98 Å². The van der Waals surface area contributed by atoms with E-state index >= 15 is 0 Å². The van der Waals surface area contributed by atoms with E-state index in [1.807, 2.05) is 66.1 Å². The molecule has 26 heavy (non-hydrogen) atoms. The topological polar surface area (TPSA) is 72.2 Å². The third kappa shape index (κ3) is 3.47. The zero-order valence-electron chi connectivity index (χ0n) is 14.5. The number of carboxylic acid groups (broad SMARTS) is 1. The summed E-state index contributed by atoms with van der Waals surface area (Å²) in [6, 6.07) is 16.9. The van der Waals surface area contributed by atoms with Crippen molar-refractivity contribution in [1.82, 2.24) is 9.55 Å². The number of aryl methyl sites for hydroxylation is 1. The summed E-state index contributed by atoms with van der Waals surface area (Å²) in [5.74, 6) is -0.425. The van der Waals surface area contributed by atoms with Gasteiger partial charge >= 0.3 is 5.97 Å². The second-order valence-corrected chi connectivity index (χ2v) is 5.89. The van der Waals surface area contributed by atoms with Crippen LogP contribution in [0.4, 0.5) is 0 Å². The van der Waals surface area contributed by atoms with Crippen molar-refractivity contribution in [2.24, 2.45) is 0 Å². The van der Waals surface area contributed by atoms with Crippen molar-refractivity contribution in [2.45, 2.75) is 13.8 Å². The van der Waals surface area contributed by atoms with E-state index in [-0.39, 0.29) is 5.56 Å². The van der Waals surface area contributed by atoms with Gasteiger partial charge in [-0.05, 0) is 43.2 Å². The Hall–Kier alpha value is -3.47. The van der Waals surface area contributed by atoms with Gasteiger partial charge in [0.2, 0.25) is 0 Å². The number of carbonyl (C=O) groups is 1. The number of rotatable bonds is 4. The van der Waals surface area contributed by atoms with Crippen molar-refractivity contribution in [3.8, 4) is 16.8 Å². The van der Waals surface area contributed by atoms with Crippen LogP contribution in [0.5, 0.6) is 0 Å². The molecule has 3 aromatic rings. The molecule has 0 aliphatic heterocycles. The average Bonchev–Trinajstić information content (AvgIpc) is 2.61. The summed E-state index contributed by atoms with van der Waals surface area (Å²) in [6.07, 6.45) is 2.63. The molecule has 5 nitrogen and oxygen atoms in total. The lowest BCUT2D eigenvalue weighted by Gasteiger charge is -2.17. The first-order valence-corrected chi connectivity index (χ1v) is 8.14. The fourth-order valence-corrected chi connectivity index (χ4v) is 3.01. The maximum atomic E-state index is 12.5. The van der Waals surface area contributed by atoms with E-state index in [1.54, 1.807) is 6.92 Å². The van der Waals surface area contributed by atoms with Crippen molar-refractivity contribution >= 4 is 12.0 Å². The number of nitrogens with zero attached hydrogens (tertiary/aromatic N) is 2. The fraction of sp³-hybridized carbons (Fsp3) is 0.0952. The summed E-state index contributed by atoms with van der Waals surface area (Å²) < 4.78 is 1.90. The molecule has 0 atom stereocenters. The Labute approximate surface area is 150 Å². The Balaban J connectivity index is 2.19. The lowest BCUT2D eigenvalue weighted by molar-refractivity contribution is -0.131. The van der Waals surface area contributed by atoms with Gasteiger partial charge < -0.3 is 9.67 Å². The lowest BCUT2D eigenvalue weighted by Crippen LogP contribution is -2.20. The van der Waals surface area contributed by atoms with Crippen LogP contribution in [0.2, 0.25) is 0 Å². The molecule has 0 unspecified atom stereocenters. The Morgan fingerprint density at radius 2 is 1.81 bits per heavy atom. The predicted octanol–water partition coefficient (Wildman–Crippen LogP) is 3.61. The number of carboxylic acids is 1. The molecule has 0 radical (unpaired) electrons. The Kier molecular flexibility index (Phi) is 4.80. The zero-order chi connectivity index (χ0) is 18.7. The van der Waals surface area contributed by atoms with Gasteiger partial charge in [0, 0.05) is 17.5 Å². The maximum Gasteiger partial charge on any atom is 0.328 e. The Morgan fingerprint density at radius 3 is 2.50 bits per heavy atom. The fourth-order valence-electron chi connectivity index (χ4n) is 3.01. The molecule has 5 heteroatoms. The highest BCUT2D eigenvalue weighted by Gasteiger charge is 2.14. The van der Waals surface area contributed by atoms with Crippen LogP contribution in [0.3, 0.4) is 0 Å². The van der Waals surface area contributed by atoms with Crippen LogP contribution >= 0.6 is 0 Å². The first-order chi connectivity index (χ1) is 12.5. The van der Waals surface area contributed by atoms with Crippen LogP contribution < -0.4 is 5.56 Å². The van der Waals surface area contributed by atoms with Gasteiger partial charge in [0.15, 0.2) is 0 Å². The molecule has 0 aliphatic rings. The molecule has 1 heterocycles. The highest BCUT2D eigenvalue weighted by atomic mass is 16.4. The van der Waals surface area contributed by atoms with Gasteiger partial charge in [-0.3, -0.25) is 4.79 Å². The smallest absolute Gasteiger partial charge is 0.328 e. The van der Waals surface area contributed by atoms with Crippen molar-refractivity contribution in [1.29, 1.82) is 0 Å². The number of hydrogen-bond donors (Lipinski definition) is 1. The first kappa shape index (κ1) is 17.4. The molecule has 1 N–H and O–H groups in total. The predicted molar refractivity (Wildman–Crippen MR) is 101 cm³/mol. The molecule has 130 valence electrons. The maximum absolute atomic E-state index is 12.5. The molecule has 0 saturated heterocycles. The van der Waals surface area contributed by atoms with Crippen LogP contribution in [0.1, 0.15) is 17.1 Å². The van der Waals surface area contributed by atoms with Crippen molar-refractivity contribution in [2.75, 3.05) is 0 Å². The second-order valence-electron chi connectivity index (χ2n) is 5.89. The van der Waals surface area contributed by atoms with Crippen LogP contribution in [-0.2, 0) is 4.79 Å². The van der Waals surface area contributed by atoms with E-state index in [0.29, 0.717) is 11.4 Å². The molecule has 0 aliphatic carbocycles. The third-order valence-electron chi connectivity index (χ3n) is 4.11.